The van der Waals surface area contributed by atoms with E-state index in [2.05, 4.69) is 38.1 Å². The number of hydrogen-bond donors (Lipinski definition) is 1. The van der Waals surface area contributed by atoms with Gasteiger partial charge in [-0.2, -0.15) is 18.3 Å². The van der Waals surface area contributed by atoms with Crippen LogP contribution in [0.3, 0.4) is 0 Å². The summed E-state index contributed by atoms with van der Waals surface area (Å²) in [5.41, 5.74) is 3.58. The second-order valence-electron chi connectivity index (χ2n) is 6.34. The number of ether oxygens (including phenoxy) is 2. The first kappa shape index (κ1) is 22.9. The molecule has 0 saturated carbocycles. The Balaban J connectivity index is 1.71. The van der Waals surface area contributed by atoms with Crippen molar-refractivity contribution in [3.8, 4) is 11.5 Å². The summed E-state index contributed by atoms with van der Waals surface area (Å²) >= 11 is 2.16. The minimum Gasteiger partial charge on any atom is -0.490 e. The molecule has 162 valence electrons. The van der Waals surface area contributed by atoms with Crippen LogP contribution >= 0.6 is 22.6 Å². The van der Waals surface area contributed by atoms with Crippen molar-refractivity contribution in [2.75, 3.05) is 12.0 Å². The molecule has 0 aliphatic heterocycles. The minimum atomic E-state index is -4.43. The molecule has 0 aliphatic carbocycles. The number of rotatable bonds is 8. The van der Waals surface area contributed by atoms with Gasteiger partial charge in [0.1, 0.15) is 12.4 Å². The van der Waals surface area contributed by atoms with Crippen LogP contribution in [0.5, 0.6) is 11.5 Å². The molecule has 3 rings (SSSR count). The van der Waals surface area contributed by atoms with Gasteiger partial charge < -0.3 is 9.47 Å². The Morgan fingerprint density at radius 1 is 1.10 bits per heavy atom. The smallest absolute Gasteiger partial charge is 0.417 e. The third-order valence-corrected chi connectivity index (χ3v) is 4.84. The van der Waals surface area contributed by atoms with Crippen LogP contribution in [-0.2, 0) is 12.8 Å². The Morgan fingerprint density at radius 2 is 1.87 bits per heavy atom. The first-order valence-corrected chi connectivity index (χ1v) is 10.4. The molecule has 2 aromatic carbocycles. The van der Waals surface area contributed by atoms with Gasteiger partial charge in [-0.25, -0.2) is 4.98 Å². The van der Waals surface area contributed by atoms with Gasteiger partial charge in [-0.1, -0.05) is 30.3 Å². The number of anilines is 1. The number of hydrazone groups is 1. The largest absolute Gasteiger partial charge is 0.490 e. The van der Waals surface area contributed by atoms with Gasteiger partial charge in [-0.05, 0) is 64.9 Å². The summed E-state index contributed by atoms with van der Waals surface area (Å²) in [5.74, 6) is 1.42. The number of benzene rings is 2. The lowest BCUT2D eigenvalue weighted by Gasteiger charge is -2.14. The van der Waals surface area contributed by atoms with Gasteiger partial charge in [0.25, 0.3) is 0 Å². The SMILES string of the molecule is CCOc1cc(/C=N\Nc2ccc(C(F)(F)F)cn2)cc(I)c1OCc1ccccc1. The van der Waals surface area contributed by atoms with E-state index in [-0.39, 0.29) is 5.82 Å². The van der Waals surface area contributed by atoms with Gasteiger partial charge in [-0.15, -0.1) is 0 Å². The average Bonchev–Trinajstić information content (AvgIpc) is 2.74. The van der Waals surface area contributed by atoms with Crippen molar-refractivity contribution < 1.29 is 22.6 Å². The normalized spacial score (nSPS) is 11.5. The summed E-state index contributed by atoms with van der Waals surface area (Å²) in [4.78, 5) is 3.72. The number of halogens is 4. The van der Waals surface area contributed by atoms with Crippen LogP contribution in [0, 0.1) is 3.57 Å². The van der Waals surface area contributed by atoms with E-state index in [4.69, 9.17) is 9.47 Å². The summed E-state index contributed by atoms with van der Waals surface area (Å²) in [5, 5.41) is 4.05. The summed E-state index contributed by atoms with van der Waals surface area (Å²) < 4.78 is 50.4. The van der Waals surface area contributed by atoms with Crippen LogP contribution in [0.1, 0.15) is 23.6 Å². The van der Waals surface area contributed by atoms with Crippen molar-refractivity contribution in [1.82, 2.24) is 4.98 Å². The Bertz CT molecular complexity index is 1030. The molecule has 1 aromatic heterocycles. The molecular formula is C22H19F3IN3O2. The topological polar surface area (TPSA) is 55.7 Å². The van der Waals surface area contributed by atoms with Crippen molar-refractivity contribution in [1.29, 1.82) is 0 Å². The van der Waals surface area contributed by atoms with Crippen molar-refractivity contribution in [2.24, 2.45) is 5.10 Å². The maximum atomic E-state index is 12.6. The number of alkyl halides is 3. The third-order valence-electron chi connectivity index (χ3n) is 4.04. The van der Waals surface area contributed by atoms with Gasteiger partial charge in [0.05, 0.1) is 22.0 Å². The summed E-state index contributed by atoms with van der Waals surface area (Å²) in [6, 6.07) is 15.6. The molecule has 5 nitrogen and oxygen atoms in total. The van der Waals surface area contributed by atoms with E-state index in [0.717, 1.165) is 27.0 Å². The monoisotopic (exact) mass is 541 g/mol. The number of nitrogens with zero attached hydrogens (tertiary/aromatic N) is 2. The molecule has 3 aromatic rings. The Kier molecular flexibility index (Phi) is 7.72. The maximum absolute atomic E-state index is 12.6. The van der Waals surface area contributed by atoms with Gasteiger partial charge in [0.15, 0.2) is 11.5 Å². The predicted octanol–water partition coefficient (Wildman–Crippen LogP) is 6.13. The standard InChI is InChI=1S/C22H19F3IN3O2/c1-2-30-19-11-16(10-18(26)21(19)31-14-15-6-4-3-5-7-15)12-28-29-20-9-8-17(13-27-20)22(23,24)25/h3-13H,2,14H2,1H3,(H,27,29)/b28-12-. The van der Waals surface area contributed by atoms with Crippen molar-refractivity contribution in [2.45, 2.75) is 19.7 Å². The Hall–Kier alpha value is -2.82. The highest BCUT2D eigenvalue weighted by molar-refractivity contribution is 14.1. The zero-order valence-electron chi connectivity index (χ0n) is 16.5. The second-order valence-corrected chi connectivity index (χ2v) is 7.50. The van der Waals surface area contributed by atoms with Crippen LogP contribution in [0.4, 0.5) is 19.0 Å². The fourth-order valence-electron chi connectivity index (χ4n) is 2.60. The number of nitrogens with one attached hydrogen (secondary N) is 1. The van der Waals surface area contributed by atoms with Gasteiger partial charge in [-0.3, -0.25) is 5.43 Å². The zero-order chi connectivity index (χ0) is 22.3. The second kappa shape index (κ2) is 10.5. The van der Waals surface area contributed by atoms with Crippen molar-refractivity contribution in [3.05, 3.63) is 81.1 Å². The molecule has 9 heteroatoms. The van der Waals surface area contributed by atoms with E-state index in [1.54, 1.807) is 6.07 Å². The predicted molar refractivity (Wildman–Crippen MR) is 122 cm³/mol. The van der Waals surface area contributed by atoms with Crippen LogP contribution in [0.2, 0.25) is 0 Å². The first-order valence-electron chi connectivity index (χ1n) is 9.32. The first-order chi connectivity index (χ1) is 14.9. The average molecular weight is 541 g/mol. The van der Waals surface area contributed by atoms with E-state index < -0.39 is 11.7 Å². The van der Waals surface area contributed by atoms with Crippen molar-refractivity contribution in [3.63, 3.8) is 0 Å². The number of hydrogen-bond acceptors (Lipinski definition) is 5. The van der Waals surface area contributed by atoms with Crippen LogP contribution < -0.4 is 14.9 Å². The van der Waals surface area contributed by atoms with Crippen LogP contribution in [0.15, 0.2) is 65.9 Å². The fourth-order valence-corrected chi connectivity index (χ4v) is 3.38. The quantitative estimate of drug-likeness (QED) is 0.212. The molecule has 0 aliphatic rings. The maximum Gasteiger partial charge on any atom is 0.417 e. The lowest BCUT2D eigenvalue weighted by Crippen LogP contribution is -2.05. The van der Waals surface area contributed by atoms with Gasteiger partial charge in [0.2, 0.25) is 0 Å². The highest BCUT2D eigenvalue weighted by Crippen LogP contribution is 2.34. The summed E-state index contributed by atoms with van der Waals surface area (Å²) in [7, 11) is 0. The number of aromatic nitrogens is 1. The van der Waals surface area contributed by atoms with Crippen LogP contribution in [0.25, 0.3) is 0 Å². The molecule has 0 amide bonds. The molecule has 0 fully saturated rings. The molecule has 1 N–H and O–H groups in total. The van der Waals surface area contributed by atoms with Gasteiger partial charge >= 0.3 is 6.18 Å². The molecule has 0 atom stereocenters. The summed E-state index contributed by atoms with van der Waals surface area (Å²) in [6.07, 6.45) is -2.14. The molecule has 0 bridgehead atoms. The van der Waals surface area contributed by atoms with Gasteiger partial charge in [0, 0.05) is 6.20 Å². The fraction of sp³-hybridized carbons (Fsp3) is 0.182. The summed E-state index contributed by atoms with van der Waals surface area (Å²) in [6.45, 7) is 2.75. The molecule has 0 spiro atoms. The highest BCUT2D eigenvalue weighted by atomic mass is 127. The van der Waals surface area contributed by atoms with Crippen LogP contribution in [-0.4, -0.2) is 17.8 Å². The molecule has 1 heterocycles. The lowest BCUT2D eigenvalue weighted by molar-refractivity contribution is -0.137. The molecular weight excluding hydrogens is 522 g/mol. The highest BCUT2D eigenvalue weighted by Gasteiger charge is 2.30. The van der Waals surface area contributed by atoms with E-state index in [0.29, 0.717) is 24.7 Å². The molecule has 31 heavy (non-hydrogen) atoms. The minimum absolute atomic E-state index is 0.201. The molecule has 0 unspecified atom stereocenters. The van der Waals surface area contributed by atoms with E-state index in [9.17, 15) is 13.2 Å². The Labute approximate surface area is 191 Å². The van der Waals surface area contributed by atoms with E-state index in [1.807, 2.05) is 43.3 Å². The number of pyridine rings is 1. The molecule has 0 radical (unpaired) electrons. The Morgan fingerprint density at radius 3 is 2.52 bits per heavy atom. The molecule has 0 saturated heterocycles. The van der Waals surface area contributed by atoms with Crippen molar-refractivity contribution >= 4 is 34.6 Å². The lowest BCUT2D eigenvalue weighted by atomic mass is 10.2. The van der Waals surface area contributed by atoms with E-state index >= 15 is 0 Å². The van der Waals surface area contributed by atoms with E-state index in [1.165, 1.54) is 12.3 Å². The zero-order valence-corrected chi connectivity index (χ0v) is 18.6. The third kappa shape index (κ3) is 6.58.